The molecular weight excluding hydrogens is 246 g/mol. The normalized spacial score (nSPS) is 14.2. The van der Waals surface area contributed by atoms with Gasteiger partial charge in [-0.05, 0) is 31.5 Å². The summed E-state index contributed by atoms with van der Waals surface area (Å²) in [5.74, 6) is -0.872. The lowest BCUT2D eigenvalue weighted by atomic mass is 9.87. The van der Waals surface area contributed by atoms with E-state index in [9.17, 15) is 13.9 Å². The van der Waals surface area contributed by atoms with Crippen LogP contribution in [0.3, 0.4) is 0 Å². The molecule has 1 nitrogen and oxygen atoms in total. The molecule has 0 amide bonds. The van der Waals surface area contributed by atoms with Crippen LogP contribution in [0.25, 0.3) is 0 Å². The minimum Gasteiger partial charge on any atom is -0.385 e. The average Bonchev–Trinajstić information content (AvgIpc) is 2.35. The van der Waals surface area contributed by atoms with Gasteiger partial charge in [0.1, 0.15) is 11.6 Å². The van der Waals surface area contributed by atoms with Gasteiger partial charge in [-0.1, -0.05) is 35.9 Å². The van der Waals surface area contributed by atoms with Crippen molar-refractivity contribution in [3.63, 3.8) is 0 Å². The Balaban J connectivity index is 2.37. The van der Waals surface area contributed by atoms with Crippen LogP contribution in [0.4, 0.5) is 8.78 Å². The smallest absolute Gasteiger partial charge is 0.129 e. The van der Waals surface area contributed by atoms with E-state index in [1.54, 1.807) is 30.3 Å². The molecule has 0 radical (unpaired) electrons. The third-order valence-corrected chi connectivity index (χ3v) is 3.19. The van der Waals surface area contributed by atoms with E-state index in [0.29, 0.717) is 5.56 Å². The van der Waals surface area contributed by atoms with Gasteiger partial charge in [-0.3, -0.25) is 0 Å². The average molecular weight is 262 g/mol. The summed E-state index contributed by atoms with van der Waals surface area (Å²) in [5.41, 5.74) is -0.0347. The van der Waals surface area contributed by atoms with Crippen LogP contribution in [-0.2, 0) is 12.0 Å². The zero-order valence-electron chi connectivity index (χ0n) is 11.0. The van der Waals surface area contributed by atoms with Gasteiger partial charge in [0, 0.05) is 12.0 Å². The van der Waals surface area contributed by atoms with Gasteiger partial charge in [0.15, 0.2) is 0 Å². The lowest BCUT2D eigenvalue weighted by Crippen LogP contribution is -2.26. The Bertz CT molecular complexity index is 591. The van der Waals surface area contributed by atoms with Crippen LogP contribution in [0.1, 0.15) is 23.6 Å². The minimum atomic E-state index is -1.45. The Hall–Kier alpha value is -1.74. The molecule has 0 saturated heterocycles. The molecule has 0 heterocycles. The second-order valence-corrected chi connectivity index (χ2v) is 5.03. The molecule has 2 aromatic carbocycles. The maximum atomic E-state index is 13.8. The predicted octanol–water partition coefficient (Wildman–Crippen LogP) is 3.72. The van der Waals surface area contributed by atoms with E-state index in [0.717, 1.165) is 5.56 Å². The maximum absolute atomic E-state index is 13.8. The van der Waals surface area contributed by atoms with Gasteiger partial charge in [-0.15, -0.1) is 0 Å². The Kier molecular flexibility index (Phi) is 3.67. The first-order valence-corrected chi connectivity index (χ1v) is 6.12. The van der Waals surface area contributed by atoms with E-state index in [1.165, 1.54) is 19.1 Å². The second kappa shape index (κ2) is 5.10. The van der Waals surface area contributed by atoms with Gasteiger partial charge in [0.2, 0.25) is 0 Å². The summed E-state index contributed by atoms with van der Waals surface area (Å²) in [7, 11) is 0. The highest BCUT2D eigenvalue weighted by Crippen LogP contribution is 2.29. The molecule has 1 atom stereocenters. The van der Waals surface area contributed by atoms with E-state index in [-0.39, 0.29) is 12.0 Å². The van der Waals surface area contributed by atoms with Gasteiger partial charge in [0.05, 0.1) is 5.60 Å². The molecule has 0 aliphatic rings. The largest absolute Gasteiger partial charge is 0.385 e. The van der Waals surface area contributed by atoms with Crippen molar-refractivity contribution < 1.29 is 13.9 Å². The van der Waals surface area contributed by atoms with Crippen molar-refractivity contribution >= 4 is 0 Å². The predicted molar refractivity (Wildman–Crippen MR) is 70.8 cm³/mol. The van der Waals surface area contributed by atoms with Crippen LogP contribution in [0, 0.1) is 18.6 Å². The third-order valence-electron chi connectivity index (χ3n) is 3.19. The Morgan fingerprint density at radius 2 is 1.74 bits per heavy atom. The molecule has 0 aromatic heterocycles. The van der Waals surface area contributed by atoms with Crippen molar-refractivity contribution in [2.45, 2.75) is 25.9 Å². The van der Waals surface area contributed by atoms with E-state index in [1.807, 2.05) is 6.92 Å². The standard InChI is InChI=1S/C16H16F2O/c1-11-7-8-15(18)13(9-11)16(2,19)10-12-5-3-4-6-14(12)17/h3-9,19H,10H2,1-2H3. The highest BCUT2D eigenvalue weighted by molar-refractivity contribution is 5.31. The van der Waals surface area contributed by atoms with Crippen molar-refractivity contribution in [2.75, 3.05) is 0 Å². The van der Waals surface area contributed by atoms with E-state index in [4.69, 9.17) is 0 Å². The zero-order valence-corrected chi connectivity index (χ0v) is 11.0. The molecule has 0 saturated carbocycles. The Morgan fingerprint density at radius 1 is 1.05 bits per heavy atom. The summed E-state index contributed by atoms with van der Waals surface area (Å²) < 4.78 is 27.4. The number of aliphatic hydroxyl groups is 1. The van der Waals surface area contributed by atoms with Crippen molar-refractivity contribution in [1.29, 1.82) is 0 Å². The molecule has 0 spiro atoms. The first kappa shape index (κ1) is 13.7. The molecule has 19 heavy (non-hydrogen) atoms. The SMILES string of the molecule is Cc1ccc(F)c(C(C)(O)Cc2ccccc2F)c1. The first-order chi connectivity index (χ1) is 8.90. The molecule has 1 unspecified atom stereocenters. The summed E-state index contributed by atoms with van der Waals surface area (Å²) >= 11 is 0. The first-order valence-electron chi connectivity index (χ1n) is 6.12. The van der Waals surface area contributed by atoms with Crippen molar-refractivity contribution in [2.24, 2.45) is 0 Å². The summed E-state index contributed by atoms with van der Waals surface area (Å²) in [6, 6.07) is 10.8. The number of rotatable bonds is 3. The van der Waals surface area contributed by atoms with Gasteiger partial charge in [0.25, 0.3) is 0 Å². The monoisotopic (exact) mass is 262 g/mol. The van der Waals surface area contributed by atoms with Crippen LogP contribution in [0.2, 0.25) is 0 Å². The molecular formula is C16H16F2O. The highest BCUT2D eigenvalue weighted by atomic mass is 19.1. The van der Waals surface area contributed by atoms with Crippen LogP contribution in [0.15, 0.2) is 42.5 Å². The van der Waals surface area contributed by atoms with Crippen molar-refractivity contribution in [1.82, 2.24) is 0 Å². The topological polar surface area (TPSA) is 20.2 Å². The Morgan fingerprint density at radius 3 is 2.42 bits per heavy atom. The molecule has 0 aliphatic heterocycles. The minimum absolute atomic E-state index is 0.0278. The number of halogens is 2. The number of benzene rings is 2. The molecule has 3 heteroatoms. The van der Waals surface area contributed by atoms with E-state index >= 15 is 0 Å². The van der Waals surface area contributed by atoms with Gasteiger partial charge in [-0.25, -0.2) is 8.78 Å². The fourth-order valence-corrected chi connectivity index (χ4v) is 2.16. The summed E-state index contributed by atoms with van der Waals surface area (Å²) in [5, 5.41) is 10.5. The Labute approximate surface area is 111 Å². The summed E-state index contributed by atoms with van der Waals surface area (Å²) in [6.45, 7) is 3.32. The number of hydrogen-bond acceptors (Lipinski definition) is 1. The fourth-order valence-electron chi connectivity index (χ4n) is 2.16. The lowest BCUT2D eigenvalue weighted by Gasteiger charge is -2.25. The van der Waals surface area contributed by atoms with Gasteiger partial charge < -0.3 is 5.11 Å². The molecule has 0 fully saturated rings. The number of aryl methyl sites for hydroxylation is 1. The second-order valence-electron chi connectivity index (χ2n) is 5.03. The van der Waals surface area contributed by atoms with Crippen molar-refractivity contribution in [3.05, 3.63) is 70.8 Å². The molecule has 0 bridgehead atoms. The number of hydrogen-bond donors (Lipinski definition) is 1. The molecule has 1 N–H and O–H groups in total. The van der Waals surface area contributed by atoms with E-state index in [2.05, 4.69) is 0 Å². The fraction of sp³-hybridized carbons (Fsp3) is 0.250. The van der Waals surface area contributed by atoms with Crippen LogP contribution in [-0.4, -0.2) is 5.11 Å². The van der Waals surface area contributed by atoms with Crippen LogP contribution in [0.5, 0.6) is 0 Å². The molecule has 0 aliphatic carbocycles. The lowest BCUT2D eigenvalue weighted by molar-refractivity contribution is 0.0528. The molecule has 2 aromatic rings. The zero-order chi connectivity index (χ0) is 14.0. The van der Waals surface area contributed by atoms with Crippen LogP contribution < -0.4 is 0 Å². The molecule has 2 rings (SSSR count). The van der Waals surface area contributed by atoms with Gasteiger partial charge in [-0.2, -0.15) is 0 Å². The summed E-state index contributed by atoms with van der Waals surface area (Å²) in [6.07, 6.45) is 0.0278. The quantitative estimate of drug-likeness (QED) is 0.893. The summed E-state index contributed by atoms with van der Waals surface area (Å²) in [4.78, 5) is 0. The molecule has 100 valence electrons. The maximum Gasteiger partial charge on any atom is 0.129 e. The third kappa shape index (κ3) is 2.99. The van der Waals surface area contributed by atoms with Crippen molar-refractivity contribution in [3.8, 4) is 0 Å². The van der Waals surface area contributed by atoms with Crippen LogP contribution >= 0.6 is 0 Å². The van der Waals surface area contributed by atoms with Gasteiger partial charge >= 0.3 is 0 Å². The van der Waals surface area contributed by atoms with E-state index < -0.39 is 17.2 Å². The highest BCUT2D eigenvalue weighted by Gasteiger charge is 2.28.